The van der Waals surface area contributed by atoms with Gasteiger partial charge in [0.2, 0.25) is 5.91 Å². The fourth-order valence-electron chi connectivity index (χ4n) is 4.46. The molecule has 28 heavy (non-hydrogen) atoms. The molecule has 6 nitrogen and oxygen atoms in total. The summed E-state index contributed by atoms with van der Waals surface area (Å²) in [7, 11) is 1.67. The summed E-state index contributed by atoms with van der Waals surface area (Å²) in [5.74, 6) is -0.623. The lowest BCUT2D eigenvalue weighted by atomic mass is 9.81. The summed E-state index contributed by atoms with van der Waals surface area (Å²) in [6.45, 7) is 3.71. The predicted molar refractivity (Wildman–Crippen MR) is 110 cm³/mol. The van der Waals surface area contributed by atoms with Crippen LogP contribution in [0.25, 0.3) is 0 Å². The monoisotopic (exact) mass is 405 g/mol. The molecule has 2 fully saturated rings. The van der Waals surface area contributed by atoms with Gasteiger partial charge in [-0.05, 0) is 42.9 Å². The number of hydrogen-bond acceptors (Lipinski definition) is 3. The van der Waals surface area contributed by atoms with Gasteiger partial charge in [-0.3, -0.25) is 14.5 Å². The van der Waals surface area contributed by atoms with Crippen LogP contribution in [-0.4, -0.2) is 46.8 Å². The number of likely N-dealkylation sites (N-methyl/N-ethyl adjacent to an activating group) is 1. The SMILES string of the molecule is CCc1ccc(Cl)c(CC)c1NC(=O)CN1C(=O)N(C)C2(CCCCC2)C1=O. The van der Waals surface area contributed by atoms with Gasteiger partial charge in [0.05, 0.1) is 0 Å². The summed E-state index contributed by atoms with van der Waals surface area (Å²) in [6, 6.07) is 3.35. The van der Waals surface area contributed by atoms with E-state index in [0.717, 1.165) is 41.7 Å². The second-order valence-electron chi connectivity index (χ2n) is 7.64. The maximum atomic E-state index is 13.1. The van der Waals surface area contributed by atoms with Gasteiger partial charge in [-0.1, -0.05) is 50.8 Å². The Morgan fingerprint density at radius 2 is 1.82 bits per heavy atom. The van der Waals surface area contributed by atoms with Crippen molar-refractivity contribution in [2.75, 3.05) is 18.9 Å². The molecule has 1 heterocycles. The van der Waals surface area contributed by atoms with Crippen molar-refractivity contribution in [3.8, 4) is 0 Å². The summed E-state index contributed by atoms with van der Waals surface area (Å²) < 4.78 is 0. The Morgan fingerprint density at radius 1 is 1.14 bits per heavy atom. The molecule has 1 spiro atoms. The highest BCUT2D eigenvalue weighted by Crippen LogP contribution is 2.39. The van der Waals surface area contributed by atoms with E-state index in [4.69, 9.17) is 11.6 Å². The molecule has 4 amide bonds. The average molecular weight is 406 g/mol. The third kappa shape index (κ3) is 3.39. The van der Waals surface area contributed by atoms with Gasteiger partial charge in [0.15, 0.2) is 0 Å². The Kier molecular flexibility index (Phi) is 5.98. The normalized spacial score (nSPS) is 18.9. The number of amides is 4. The van der Waals surface area contributed by atoms with E-state index in [9.17, 15) is 14.4 Å². The van der Waals surface area contributed by atoms with Crippen LogP contribution in [0.3, 0.4) is 0 Å². The molecule has 1 aromatic rings. The summed E-state index contributed by atoms with van der Waals surface area (Å²) >= 11 is 6.30. The summed E-state index contributed by atoms with van der Waals surface area (Å²) in [5, 5.41) is 3.51. The molecule has 1 aromatic carbocycles. The van der Waals surface area contributed by atoms with E-state index in [1.807, 2.05) is 26.0 Å². The van der Waals surface area contributed by atoms with Crippen LogP contribution in [0.4, 0.5) is 10.5 Å². The van der Waals surface area contributed by atoms with Crippen LogP contribution in [0.5, 0.6) is 0 Å². The lowest BCUT2D eigenvalue weighted by molar-refractivity contribution is -0.136. The second kappa shape index (κ2) is 8.11. The highest BCUT2D eigenvalue weighted by atomic mass is 35.5. The lowest BCUT2D eigenvalue weighted by Gasteiger charge is -2.35. The Morgan fingerprint density at radius 3 is 2.43 bits per heavy atom. The smallest absolute Gasteiger partial charge is 0.324 e. The highest BCUT2D eigenvalue weighted by Gasteiger charge is 2.55. The minimum absolute atomic E-state index is 0.243. The van der Waals surface area contributed by atoms with Crippen LogP contribution in [0.15, 0.2) is 12.1 Å². The van der Waals surface area contributed by atoms with Crippen molar-refractivity contribution in [2.45, 2.75) is 64.3 Å². The number of halogens is 1. The van der Waals surface area contributed by atoms with Gasteiger partial charge >= 0.3 is 6.03 Å². The largest absolute Gasteiger partial charge is 0.327 e. The summed E-state index contributed by atoms with van der Waals surface area (Å²) in [4.78, 5) is 41.2. The van der Waals surface area contributed by atoms with Gasteiger partial charge in [-0.25, -0.2) is 4.79 Å². The summed E-state index contributed by atoms with van der Waals surface area (Å²) in [6.07, 6.45) is 5.67. The maximum Gasteiger partial charge on any atom is 0.327 e. The molecule has 3 rings (SSSR count). The van der Waals surface area contributed by atoms with Crippen LogP contribution in [-0.2, 0) is 22.4 Å². The Labute approximate surface area is 171 Å². The fourth-order valence-corrected chi connectivity index (χ4v) is 4.75. The van der Waals surface area contributed by atoms with E-state index >= 15 is 0 Å². The molecule has 0 aromatic heterocycles. The van der Waals surface area contributed by atoms with Crippen molar-refractivity contribution >= 4 is 35.1 Å². The van der Waals surface area contributed by atoms with Crippen molar-refractivity contribution in [1.82, 2.24) is 9.80 Å². The molecule has 2 aliphatic rings. The minimum atomic E-state index is -0.769. The van der Waals surface area contributed by atoms with Gasteiger partial charge in [0.25, 0.3) is 5.91 Å². The van der Waals surface area contributed by atoms with Gasteiger partial charge in [-0.2, -0.15) is 0 Å². The molecule has 0 radical (unpaired) electrons. The van der Waals surface area contributed by atoms with Gasteiger partial charge in [0, 0.05) is 17.8 Å². The first-order valence-electron chi connectivity index (χ1n) is 10.1. The fraction of sp³-hybridized carbons (Fsp3) is 0.571. The number of carbonyl (C=O) groups is 3. The van der Waals surface area contributed by atoms with E-state index in [1.54, 1.807) is 7.05 Å². The third-order valence-electron chi connectivity index (χ3n) is 6.13. The zero-order chi connectivity index (χ0) is 20.5. The molecule has 1 saturated heterocycles. The van der Waals surface area contributed by atoms with Crippen molar-refractivity contribution in [1.29, 1.82) is 0 Å². The maximum absolute atomic E-state index is 13.1. The molecular formula is C21H28ClN3O3. The number of anilines is 1. The van der Waals surface area contributed by atoms with Crippen molar-refractivity contribution in [3.05, 3.63) is 28.3 Å². The van der Waals surface area contributed by atoms with E-state index in [0.29, 0.717) is 30.0 Å². The lowest BCUT2D eigenvalue weighted by Crippen LogP contribution is -2.49. The molecule has 1 aliphatic carbocycles. The number of benzene rings is 1. The van der Waals surface area contributed by atoms with E-state index in [-0.39, 0.29) is 24.4 Å². The van der Waals surface area contributed by atoms with E-state index < -0.39 is 5.54 Å². The molecule has 152 valence electrons. The number of nitrogens with one attached hydrogen (secondary N) is 1. The first-order valence-corrected chi connectivity index (χ1v) is 10.4. The van der Waals surface area contributed by atoms with Crippen LogP contribution < -0.4 is 5.32 Å². The molecule has 1 N–H and O–H groups in total. The van der Waals surface area contributed by atoms with Crippen molar-refractivity contribution < 1.29 is 14.4 Å². The number of imide groups is 1. The molecule has 0 atom stereocenters. The Hall–Kier alpha value is -2.08. The van der Waals surface area contributed by atoms with Crippen LogP contribution >= 0.6 is 11.6 Å². The standard InChI is InChI=1S/C21H28ClN3O3/c1-4-14-9-10-16(22)15(5-2)18(14)23-17(26)13-25-19(27)21(24(3)20(25)28)11-7-6-8-12-21/h9-10H,4-8,11-13H2,1-3H3,(H,23,26). The first kappa shape index (κ1) is 20.6. The van der Waals surface area contributed by atoms with Gasteiger partial charge in [-0.15, -0.1) is 0 Å². The van der Waals surface area contributed by atoms with E-state index in [2.05, 4.69) is 5.32 Å². The first-order chi connectivity index (χ1) is 13.4. The van der Waals surface area contributed by atoms with Crippen LogP contribution in [0.1, 0.15) is 57.1 Å². The van der Waals surface area contributed by atoms with Gasteiger partial charge in [0.1, 0.15) is 12.1 Å². The zero-order valence-corrected chi connectivity index (χ0v) is 17.6. The number of rotatable bonds is 5. The topological polar surface area (TPSA) is 69.7 Å². The number of aryl methyl sites for hydroxylation is 1. The molecule has 1 aliphatic heterocycles. The van der Waals surface area contributed by atoms with Crippen LogP contribution in [0.2, 0.25) is 5.02 Å². The second-order valence-corrected chi connectivity index (χ2v) is 8.05. The number of urea groups is 1. The summed E-state index contributed by atoms with van der Waals surface area (Å²) in [5.41, 5.74) is 1.78. The minimum Gasteiger partial charge on any atom is -0.324 e. The molecular weight excluding hydrogens is 378 g/mol. The van der Waals surface area contributed by atoms with E-state index in [1.165, 1.54) is 4.90 Å². The predicted octanol–water partition coefficient (Wildman–Crippen LogP) is 4.00. The zero-order valence-electron chi connectivity index (χ0n) is 16.8. The number of nitrogens with zero attached hydrogens (tertiary/aromatic N) is 2. The third-order valence-corrected chi connectivity index (χ3v) is 6.48. The Bertz CT molecular complexity index is 802. The van der Waals surface area contributed by atoms with Crippen LogP contribution in [0, 0.1) is 0 Å². The quantitative estimate of drug-likeness (QED) is 0.752. The van der Waals surface area contributed by atoms with Crippen molar-refractivity contribution in [2.24, 2.45) is 0 Å². The average Bonchev–Trinajstić information content (AvgIpc) is 2.85. The molecule has 0 bridgehead atoms. The Balaban J connectivity index is 1.80. The molecule has 0 unspecified atom stereocenters. The van der Waals surface area contributed by atoms with Gasteiger partial charge < -0.3 is 10.2 Å². The number of carbonyl (C=O) groups excluding carboxylic acids is 3. The van der Waals surface area contributed by atoms with Crippen molar-refractivity contribution in [3.63, 3.8) is 0 Å². The number of hydrogen-bond donors (Lipinski definition) is 1. The molecule has 7 heteroatoms. The molecule has 1 saturated carbocycles. The highest BCUT2D eigenvalue weighted by molar-refractivity contribution is 6.32.